The smallest absolute Gasteiger partial charge is 0.150 e. The normalized spacial score (nSPS) is 13.4. The topological polar surface area (TPSA) is 43.9 Å². The first kappa shape index (κ1) is 44.3. The van der Waals surface area contributed by atoms with Crippen LogP contribution in [-0.4, -0.2) is 32.2 Å². The van der Waals surface area contributed by atoms with Gasteiger partial charge < -0.3 is 14.7 Å². The highest BCUT2D eigenvalue weighted by molar-refractivity contribution is 8.00. The number of hydrogen-bond acceptors (Lipinski definition) is 8. The van der Waals surface area contributed by atoms with Crippen LogP contribution in [0.15, 0.2) is 139 Å². The molecule has 9 rings (SSSR count). The van der Waals surface area contributed by atoms with Crippen LogP contribution >= 0.6 is 35.3 Å². The molecule has 0 atom stereocenters. The molecule has 5 nitrogen and oxygen atoms in total. The van der Waals surface area contributed by atoms with Crippen molar-refractivity contribution in [1.82, 2.24) is 0 Å². The lowest BCUT2D eigenvalue weighted by molar-refractivity contribution is 0.111. The first-order valence-electron chi connectivity index (χ1n) is 23.6. The summed E-state index contributed by atoms with van der Waals surface area (Å²) in [6, 6.07) is 40.3. The maximum atomic E-state index is 11.8. The molecule has 0 saturated carbocycles. The van der Waals surface area contributed by atoms with Gasteiger partial charge in [-0.1, -0.05) is 138 Å². The Morgan fingerprint density at radius 1 is 0.344 bits per heavy atom. The summed E-state index contributed by atoms with van der Waals surface area (Å²) in [5.74, 6) is 0. The highest BCUT2D eigenvalue weighted by Crippen LogP contribution is 2.54. The van der Waals surface area contributed by atoms with Gasteiger partial charge in [-0.3, -0.25) is 9.59 Å². The molecule has 6 aromatic carbocycles. The molecule has 6 aromatic rings. The van der Waals surface area contributed by atoms with Crippen molar-refractivity contribution in [2.24, 2.45) is 0 Å². The fourth-order valence-electron chi connectivity index (χ4n) is 9.37. The molecule has 64 heavy (non-hydrogen) atoms. The number of fused-ring (bicyclic) bond motifs is 6. The van der Waals surface area contributed by atoms with E-state index in [0.29, 0.717) is 0 Å². The number of benzene rings is 6. The summed E-state index contributed by atoms with van der Waals surface area (Å²) in [7, 11) is 0. The average molecular weight is 902 g/mol. The van der Waals surface area contributed by atoms with Gasteiger partial charge in [-0.2, -0.15) is 0 Å². The summed E-state index contributed by atoms with van der Waals surface area (Å²) >= 11 is 5.45. The first-order chi connectivity index (χ1) is 31.5. The lowest BCUT2D eigenvalue weighted by Gasteiger charge is -2.34. The molecular weight excluding hydrogens is 843 g/mol. The fourth-order valence-corrected chi connectivity index (χ4v) is 12.9. The van der Waals surface area contributed by atoms with Crippen molar-refractivity contribution in [3.05, 3.63) is 120 Å². The van der Waals surface area contributed by atoms with E-state index in [1.165, 1.54) is 134 Å². The molecule has 3 aliphatic rings. The van der Waals surface area contributed by atoms with Gasteiger partial charge >= 0.3 is 0 Å². The van der Waals surface area contributed by atoms with E-state index in [0.717, 1.165) is 72.4 Å². The summed E-state index contributed by atoms with van der Waals surface area (Å²) in [4.78, 5) is 38.5. The number of carbonyl (C=O) groups is 2. The van der Waals surface area contributed by atoms with E-state index < -0.39 is 0 Å². The minimum absolute atomic E-state index is 0.719. The number of rotatable bonds is 19. The second kappa shape index (κ2) is 20.5. The second-order valence-corrected chi connectivity index (χ2v) is 20.6. The molecule has 0 spiro atoms. The Labute approximate surface area is 393 Å². The monoisotopic (exact) mass is 901 g/mol. The quantitative estimate of drug-likeness (QED) is 0.0588. The fraction of sp³-hybridized carbons (Fsp3) is 0.321. The predicted octanol–water partition coefficient (Wildman–Crippen LogP) is 17.2. The third-order valence-corrected chi connectivity index (χ3v) is 16.1. The zero-order valence-corrected chi connectivity index (χ0v) is 40.0. The Kier molecular flexibility index (Phi) is 14.2. The zero-order chi connectivity index (χ0) is 44.0. The van der Waals surface area contributed by atoms with Crippen molar-refractivity contribution in [3.8, 4) is 22.3 Å². The minimum atomic E-state index is 0.719. The van der Waals surface area contributed by atoms with E-state index >= 15 is 0 Å². The van der Waals surface area contributed by atoms with E-state index in [1.807, 2.05) is 23.9 Å². The number of carbonyl (C=O) groups excluding carboxylic acids is 2. The van der Waals surface area contributed by atoms with E-state index in [9.17, 15) is 9.59 Å². The molecule has 0 saturated heterocycles. The van der Waals surface area contributed by atoms with Crippen LogP contribution in [0, 0.1) is 0 Å². The summed E-state index contributed by atoms with van der Waals surface area (Å²) in [5.41, 5.74) is 13.7. The van der Waals surface area contributed by atoms with Crippen LogP contribution in [-0.2, 0) is 0 Å². The van der Waals surface area contributed by atoms with Crippen LogP contribution in [0.5, 0.6) is 0 Å². The average Bonchev–Trinajstić information content (AvgIpc) is 3.33. The van der Waals surface area contributed by atoms with Gasteiger partial charge in [0.15, 0.2) is 0 Å². The Bertz CT molecular complexity index is 2490. The molecule has 0 aliphatic carbocycles. The molecule has 3 aliphatic heterocycles. The summed E-state index contributed by atoms with van der Waals surface area (Å²) in [6.07, 6.45) is 16.4. The number of aldehydes is 2. The van der Waals surface area contributed by atoms with Crippen molar-refractivity contribution >= 4 is 82.0 Å². The van der Waals surface area contributed by atoms with Crippen molar-refractivity contribution in [2.45, 2.75) is 127 Å². The van der Waals surface area contributed by atoms with Gasteiger partial charge in [0.2, 0.25) is 0 Å². The van der Waals surface area contributed by atoms with Gasteiger partial charge in [-0.05, 0) is 126 Å². The Morgan fingerprint density at radius 3 is 0.875 bits per heavy atom. The van der Waals surface area contributed by atoms with Crippen LogP contribution in [0.25, 0.3) is 22.3 Å². The molecule has 0 bridgehead atoms. The number of anilines is 6. The molecule has 0 fully saturated rings. The summed E-state index contributed by atoms with van der Waals surface area (Å²) in [5, 5.41) is 0. The van der Waals surface area contributed by atoms with Crippen LogP contribution in [0.2, 0.25) is 0 Å². The molecule has 328 valence electrons. The Morgan fingerprint density at radius 2 is 0.609 bits per heavy atom. The van der Waals surface area contributed by atoms with E-state index in [2.05, 4.69) is 133 Å². The van der Waals surface area contributed by atoms with Crippen molar-refractivity contribution in [1.29, 1.82) is 0 Å². The van der Waals surface area contributed by atoms with Crippen LogP contribution in [0.3, 0.4) is 0 Å². The molecule has 0 aromatic heterocycles. The molecule has 0 N–H and O–H groups in total. The van der Waals surface area contributed by atoms with Gasteiger partial charge in [0, 0.05) is 60.1 Å². The summed E-state index contributed by atoms with van der Waals surface area (Å²) < 4.78 is 0. The Balaban J connectivity index is 1.03. The molecule has 0 unspecified atom stereocenters. The van der Waals surface area contributed by atoms with Gasteiger partial charge in [-0.15, -0.1) is 0 Å². The van der Waals surface area contributed by atoms with Gasteiger partial charge in [0.05, 0.1) is 34.1 Å². The number of unbranched alkanes of at least 4 members (excludes halogenated alkanes) is 9. The summed E-state index contributed by atoms with van der Waals surface area (Å²) in [6.45, 7) is 9.71. The first-order valence-corrected chi connectivity index (χ1v) is 26.1. The van der Waals surface area contributed by atoms with E-state index in [4.69, 9.17) is 0 Å². The zero-order valence-electron chi connectivity index (χ0n) is 37.5. The molecule has 8 heteroatoms. The Hall–Kier alpha value is -4.89. The third-order valence-electron chi connectivity index (χ3n) is 12.9. The van der Waals surface area contributed by atoms with E-state index in [1.54, 1.807) is 23.5 Å². The van der Waals surface area contributed by atoms with Crippen LogP contribution in [0.1, 0.15) is 119 Å². The molecule has 0 radical (unpaired) electrons. The van der Waals surface area contributed by atoms with Crippen LogP contribution < -0.4 is 14.7 Å². The number of hydrogen-bond donors (Lipinski definition) is 0. The standard InChI is InChI=1S/C56H59N3O2S3/c1-4-7-10-13-28-57-45-22-16-39(37-60)31-51(45)62-53-33-41(18-24-47(53)57)43-20-26-49-55(35-43)64-56-36-44(21-27-50(56)59(49)30-15-12-9-6-3)42-19-25-48-54(34-42)63-52-32-40(38-61)17-23-46(52)58(48)29-14-11-8-5-2/h16-27,31-38H,4-15,28-30H2,1-3H3. The predicted molar refractivity (Wildman–Crippen MR) is 273 cm³/mol. The van der Waals surface area contributed by atoms with Crippen molar-refractivity contribution in [3.63, 3.8) is 0 Å². The molecule has 3 heterocycles. The highest BCUT2D eigenvalue weighted by atomic mass is 32.2. The molecule has 0 amide bonds. The maximum absolute atomic E-state index is 11.8. The minimum Gasteiger partial charge on any atom is -0.340 e. The molecular formula is C56H59N3O2S3. The van der Waals surface area contributed by atoms with Gasteiger partial charge in [0.25, 0.3) is 0 Å². The van der Waals surface area contributed by atoms with Crippen molar-refractivity contribution < 1.29 is 9.59 Å². The second-order valence-electron chi connectivity index (χ2n) is 17.4. The largest absolute Gasteiger partial charge is 0.340 e. The van der Waals surface area contributed by atoms with E-state index in [-0.39, 0.29) is 0 Å². The number of nitrogens with zero attached hydrogens (tertiary/aromatic N) is 3. The lowest BCUT2D eigenvalue weighted by Crippen LogP contribution is -2.22. The van der Waals surface area contributed by atoms with Gasteiger partial charge in [-0.25, -0.2) is 0 Å². The SMILES string of the molecule is CCCCCCN1c2ccc(C=O)cc2Sc2cc(-c3ccc4c(c3)Sc3cc(-c5ccc6c(c5)Sc5cc(C=O)ccc5N6CCCCCC)ccc3N4CCCCCC)ccc21. The van der Waals surface area contributed by atoms with Crippen LogP contribution in [0.4, 0.5) is 34.1 Å². The lowest BCUT2D eigenvalue weighted by atomic mass is 10.0. The third kappa shape index (κ3) is 9.29. The van der Waals surface area contributed by atoms with Crippen molar-refractivity contribution in [2.75, 3.05) is 34.3 Å². The highest BCUT2D eigenvalue weighted by Gasteiger charge is 2.28. The van der Waals surface area contributed by atoms with Gasteiger partial charge in [0.1, 0.15) is 12.6 Å². The maximum Gasteiger partial charge on any atom is 0.150 e.